The Kier molecular flexibility index (Phi) is 5.97. The van der Waals surface area contributed by atoms with Crippen molar-refractivity contribution >= 4 is 11.6 Å². The largest absolute Gasteiger partial charge is 0.337 e. The molecule has 2 rings (SSSR count). The van der Waals surface area contributed by atoms with Gasteiger partial charge in [-0.3, -0.25) is 19.9 Å². The van der Waals surface area contributed by atoms with Gasteiger partial charge in [0.25, 0.3) is 11.6 Å². The minimum Gasteiger partial charge on any atom is -0.337 e. The number of nitrogens with zero attached hydrogens (tertiary/aromatic N) is 3. The minimum atomic E-state index is -0.555. The molecule has 24 heavy (non-hydrogen) atoms. The van der Waals surface area contributed by atoms with E-state index in [9.17, 15) is 14.9 Å². The van der Waals surface area contributed by atoms with E-state index in [-0.39, 0.29) is 17.2 Å². The van der Waals surface area contributed by atoms with Crippen LogP contribution in [0.1, 0.15) is 21.6 Å². The van der Waals surface area contributed by atoms with Crippen LogP contribution in [-0.4, -0.2) is 40.3 Å². The van der Waals surface area contributed by atoms with Gasteiger partial charge in [-0.2, -0.15) is 0 Å². The third-order valence-electron chi connectivity index (χ3n) is 3.71. The van der Waals surface area contributed by atoms with Crippen LogP contribution in [0.4, 0.5) is 5.69 Å². The summed E-state index contributed by atoms with van der Waals surface area (Å²) in [5.74, 6) is -0.287. The summed E-state index contributed by atoms with van der Waals surface area (Å²) in [6, 6.07) is 11.1. The highest BCUT2D eigenvalue weighted by Crippen LogP contribution is 2.17. The highest BCUT2D eigenvalue weighted by molar-refractivity contribution is 5.95. The van der Waals surface area contributed by atoms with Crippen molar-refractivity contribution in [2.75, 3.05) is 19.6 Å². The Morgan fingerprint density at radius 3 is 2.62 bits per heavy atom. The molecule has 0 spiro atoms. The third-order valence-corrected chi connectivity index (χ3v) is 3.71. The summed E-state index contributed by atoms with van der Waals surface area (Å²) in [7, 11) is 0. The Morgan fingerprint density at radius 1 is 1.29 bits per heavy atom. The summed E-state index contributed by atoms with van der Waals surface area (Å²) in [6.45, 7) is 2.85. The first-order valence-corrected chi connectivity index (χ1v) is 7.67. The molecule has 0 radical (unpaired) electrons. The Balaban J connectivity index is 2.19. The fourth-order valence-corrected chi connectivity index (χ4v) is 2.39. The van der Waals surface area contributed by atoms with Gasteiger partial charge >= 0.3 is 0 Å². The van der Waals surface area contributed by atoms with Gasteiger partial charge in [-0.05, 0) is 18.9 Å². The van der Waals surface area contributed by atoms with Crippen molar-refractivity contribution in [2.45, 2.75) is 13.3 Å². The average Bonchev–Trinajstić information content (AvgIpc) is 2.59. The lowest BCUT2D eigenvalue weighted by molar-refractivity contribution is -0.385. The van der Waals surface area contributed by atoms with Gasteiger partial charge < -0.3 is 10.6 Å². The number of carbonyl (C=O) groups excluding carboxylic acids is 1. The molecule has 126 valence electrons. The van der Waals surface area contributed by atoms with Crippen molar-refractivity contribution < 1.29 is 9.72 Å². The predicted molar refractivity (Wildman–Crippen MR) is 90.7 cm³/mol. The van der Waals surface area contributed by atoms with E-state index in [0.717, 1.165) is 11.8 Å². The van der Waals surface area contributed by atoms with Gasteiger partial charge in [0, 0.05) is 25.7 Å². The molecule has 0 aliphatic carbocycles. The fourth-order valence-electron chi connectivity index (χ4n) is 2.39. The second-order valence-electron chi connectivity index (χ2n) is 5.40. The third kappa shape index (κ3) is 4.36. The topological polar surface area (TPSA) is 102 Å². The highest BCUT2D eigenvalue weighted by Gasteiger charge is 2.21. The number of nitrogens with two attached hydrogens (primary N) is 1. The number of hydrogen-bond donors (Lipinski definition) is 1. The van der Waals surface area contributed by atoms with Crippen LogP contribution in [0.25, 0.3) is 0 Å². The van der Waals surface area contributed by atoms with Crippen molar-refractivity contribution in [3.8, 4) is 0 Å². The fraction of sp³-hybridized carbons (Fsp3) is 0.294. The number of nitro groups is 1. The Bertz CT molecular complexity index is 719. The molecule has 0 saturated carbocycles. The zero-order valence-corrected chi connectivity index (χ0v) is 13.5. The molecule has 2 N–H and O–H groups in total. The molecule has 0 aliphatic rings. The molecule has 1 heterocycles. The highest BCUT2D eigenvalue weighted by atomic mass is 16.6. The van der Waals surface area contributed by atoms with Crippen LogP contribution in [0.15, 0.2) is 42.6 Å². The number of carbonyl (C=O) groups is 1. The number of amides is 1. The maximum absolute atomic E-state index is 12.8. The summed E-state index contributed by atoms with van der Waals surface area (Å²) < 4.78 is 0. The van der Waals surface area contributed by atoms with E-state index in [0.29, 0.717) is 31.7 Å². The van der Waals surface area contributed by atoms with E-state index < -0.39 is 4.92 Å². The number of aromatic nitrogens is 1. The number of aryl methyl sites for hydroxylation is 1. The van der Waals surface area contributed by atoms with Crippen LogP contribution in [0.2, 0.25) is 0 Å². The summed E-state index contributed by atoms with van der Waals surface area (Å²) in [5, 5.41) is 10.9. The van der Waals surface area contributed by atoms with Crippen LogP contribution in [-0.2, 0) is 6.42 Å². The number of rotatable bonds is 7. The van der Waals surface area contributed by atoms with Gasteiger partial charge in [-0.25, -0.2) is 0 Å². The second kappa shape index (κ2) is 8.16. The molecule has 1 aromatic heterocycles. The maximum atomic E-state index is 12.8. The van der Waals surface area contributed by atoms with Crippen LogP contribution in [0.3, 0.4) is 0 Å². The molecule has 0 fully saturated rings. The maximum Gasteiger partial charge on any atom is 0.288 e. The van der Waals surface area contributed by atoms with Gasteiger partial charge in [0.15, 0.2) is 0 Å². The van der Waals surface area contributed by atoms with Crippen LogP contribution >= 0.6 is 0 Å². The molecule has 0 saturated heterocycles. The van der Waals surface area contributed by atoms with E-state index in [1.54, 1.807) is 11.8 Å². The molecule has 7 nitrogen and oxygen atoms in total. The molecule has 1 amide bonds. The molecule has 7 heteroatoms. The van der Waals surface area contributed by atoms with Crippen molar-refractivity contribution in [1.82, 2.24) is 9.88 Å². The minimum absolute atomic E-state index is 0.195. The molecule has 0 unspecified atom stereocenters. The smallest absolute Gasteiger partial charge is 0.288 e. The van der Waals surface area contributed by atoms with Gasteiger partial charge in [0.1, 0.15) is 6.20 Å². The van der Waals surface area contributed by atoms with E-state index >= 15 is 0 Å². The molecule has 0 bridgehead atoms. The standard InChI is InChI=1S/C17H20N4O3/c1-13-16(11-15(12-19-13)21(23)24)17(22)20(10-8-18)9-7-14-5-3-2-4-6-14/h2-6,11-12H,7-10,18H2,1H3. The van der Waals surface area contributed by atoms with Gasteiger partial charge in [-0.15, -0.1) is 0 Å². The Labute approximate surface area is 140 Å². The summed E-state index contributed by atoms with van der Waals surface area (Å²) in [4.78, 5) is 28.7. The lowest BCUT2D eigenvalue weighted by Crippen LogP contribution is -2.37. The monoisotopic (exact) mass is 328 g/mol. The Morgan fingerprint density at radius 2 is 2.00 bits per heavy atom. The van der Waals surface area contributed by atoms with Crippen LogP contribution in [0.5, 0.6) is 0 Å². The quantitative estimate of drug-likeness (QED) is 0.618. The van der Waals surface area contributed by atoms with E-state index in [4.69, 9.17) is 5.73 Å². The summed E-state index contributed by atoms with van der Waals surface area (Å²) in [6.07, 6.45) is 1.84. The van der Waals surface area contributed by atoms with Crippen molar-refractivity contribution in [2.24, 2.45) is 5.73 Å². The molecule has 2 aromatic rings. The summed E-state index contributed by atoms with van der Waals surface area (Å²) >= 11 is 0. The number of benzene rings is 1. The first-order valence-electron chi connectivity index (χ1n) is 7.67. The second-order valence-corrected chi connectivity index (χ2v) is 5.40. The molecular formula is C17H20N4O3. The predicted octanol–water partition coefficient (Wildman–Crippen LogP) is 1.94. The lowest BCUT2D eigenvalue weighted by atomic mass is 10.1. The van der Waals surface area contributed by atoms with Gasteiger partial charge in [-0.1, -0.05) is 30.3 Å². The first-order chi connectivity index (χ1) is 11.5. The van der Waals surface area contributed by atoms with E-state index in [1.807, 2.05) is 30.3 Å². The van der Waals surface area contributed by atoms with Crippen LogP contribution < -0.4 is 5.73 Å². The van der Waals surface area contributed by atoms with Gasteiger partial charge in [0.2, 0.25) is 0 Å². The van der Waals surface area contributed by atoms with E-state index in [2.05, 4.69) is 4.98 Å². The van der Waals surface area contributed by atoms with Gasteiger partial charge in [0.05, 0.1) is 16.2 Å². The van der Waals surface area contributed by atoms with Crippen molar-refractivity contribution in [1.29, 1.82) is 0 Å². The van der Waals surface area contributed by atoms with Crippen LogP contribution in [0, 0.1) is 17.0 Å². The number of hydrogen-bond acceptors (Lipinski definition) is 5. The summed E-state index contributed by atoms with van der Waals surface area (Å²) in [5.41, 5.74) is 7.24. The molecule has 1 aromatic carbocycles. The van der Waals surface area contributed by atoms with E-state index in [1.165, 1.54) is 6.07 Å². The Hall–Kier alpha value is -2.80. The molecule has 0 aliphatic heterocycles. The normalized spacial score (nSPS) is 10.4. The zero-order chi connectivity index (χ0) is 17.5. The zero-order valence-electron chi connectivity index (χ0n) is 13.5. The number of pyridine rings is 1. The average molecular weight is 328 g/mol. The molecule has 0 atom stereocenters. The first kappa shape index (κ1) is 17.6. The molecular weight excluding hydrogens is 308 g/mol. The van der Waals surface area contributed by atoms with Crippen molar-refractivity contribution in [3.05, 3.63) is 69.5 Å². The van der Waals surface area contributed by atoms with Crippen molar-refractivity contribution in [3.63, 3.8) is 0 Å². The lowest BCUT2D eigenvalue weighted by Gasteiger charge is -2.22. The SMILES string of the molecule is Cc1ncc([N+](=O)[O-])cc1C(=O)N(CCN)CCc1ccccc1.